The van der Waals surface area contributed by atoms with E-state index >= 15 is 0 Å². The second kappa shape index (κ2) is 5.11. The zero-order chi connectivity index (χ0) is 13.1. The normalized spacial score (nSPS) is 9.83. The number of halogens is 1. The molecule has 0 saturated carbocycles. The molecule has 0 aromatic heterocycles. The molecule has 0 bridgehead atoms. The number of para-hydroxylation sites is 1. The fourth-order valence-corrected chi connectivity index (χ4v) is 2.01. The predicted molar refractivity (Wildman–Crippen MR) is 77.7 cm³/mol. The van der Waals surface area contributed by atoms with Gasteiger partial charge >= 0.3 is 0 Å². The van der Waals surface area contributed by atoms with Crippen molar-refractivity contribution in [2.75, 3.05) is 11.1 Å². The van der Waals surface area contributed by atoms with Crippen LogP contribution in [0, 0.1) is 18.3 Å². The van der Waals surface area contributed by atoms with Crippen LogP contribution in [0.4, 0.5) is 17.1 Å². The van der Waals surface area contributed by atoms with Crippen molar-refractivity contribution in [3.8, 4) is 6.07 Å². The smallest absolute Gasteiger partial charge is 0.101 e. The summed E-state index contributed by atoms with van der Waals surface area (Å²) in [5, 5.41) is 12.3. The van der Waals surface area contributed by atoms with Crippen LogP contribution < -0.4 is 11.1 Å². The maximum atomic E-state index is 9.07. The molecule has 0 aliphatic rings. The standard InChI is InChI=1S/C14H12BrN3/c1-9-3-2-4-12(14(9)17)18-13-7-11(15)6-5-10(13)8-16/h2-7,18H,17H2,1H3. The molecule has 0 amide bonds. The average molecular weight is 302 g/mol. The summed E-state index contributed by atoms with van der Waals surface area (Å²) in [5.74, 6) is 0. The van der Waals surface area contributed by atoms with Gasteiger partial charge in [0.1, 0.15) is 6.07 Å². The van der Waals surface area contributed by atoms with Gasteiger partial charge in [0.2, 0.25) is 0 Å². The number of nitriles is 1. The zero-order valence-electron chi connectivity index (χ0n) is 9.87. The Balaban J connectivity index is 2.43. The van der Waals surface area contributed by atoms with Crippen molar-refractivity contribution in [1.82, 2.24) is 0 Å². The van der Waals surface area contributed by atoms with Gasteiger partial charge in [-0.3, -0.25) is 0 Å². The summed E-state index contributed by atoms with van der Waals surface area (Å²) in [4.78, 5) is 0. The van der Waals surface area contributed by atoms with Gasteiger partial charge in [0.05, 0.1) is 22.6 Å². The number of anilines is 3. The van der Waals surface area contributed by atoms with Gasteiger partial charge in [-0.2, -0.15) is 5.26 Å². The van der Waals surface area contributed by atoms with Gasteiger partial charge < -0.3 is 11.1 Å². The summed E-state index contributed by atoms with van der Waals surface area (Å²) in [6, 6.07) is 13.4. The topological polar surface area (TPSA) is 61.8 Å². The van der Waals surface area contributed by atoms with Crippen LogP contribution in [0.15, 0.2) is 40.9 Å². The fourth-order valence-electron chi connectivity index (χ4n) is 1.65. The van der Waals surface area contributed by atoms with Crippen molar-refractivity contribution in [2.24, 2.45) is 0 Å². The summed E-state index contributed by atoms with van der Waals surface area (Å²) in [5.41, 5.74) is 9.84. The van der Waals surface area contributed by atoms with Crippen molar-refractivity contribution in [3.63, 3.8) is 0 Å². The quantitative estimate of drug-likeness (QED) is 0.826. The van der Waals surface area contributed by atoms with Crippen LogP contribution in [0.1, 0.15) is 11.1 Å². The minimum absolute atomic E-state index is 0.583. The van der Waals surface area contributed by atoms with Crippen molar-refractivity contribution < 1.29 is 0 Å². The molecule has 2 aromatic carbocycles. The predicted octanol–water partition coefficient (Wildman–Crippen LogP) is 3.96. The Morgan fingerprint density at radius 1 is 1.22 bits per heavy atom. The van der Waals surface area contributed by atoms with E-state index in [9.17, 15) is 0 Å². The number of nitrogens with zero attached hydrogens (tertiary/aromatic N) is 1. The summed E-state index contributed by atoms with van der Waals surface area (Å²) in [6.07, 6.45) is 0. The minimum Gasteiger partial charge on any atom is -0.397 e. The second-order valence-electron chi connectivity index (χ2n) is 3.96. The second-order valence-corrected chi connectivity index (χ2v) is 4.88. The molecule has 0 aliphatic carbocycles. The van der Waals surface area contributed by atoms with Crippen LogP contribution >= 0.6 is 15.9 Å². The highest BCUT2D eigenvalue weighted by molar-refractivity contribution is 9.10. The number of nitrogens with one attached hydrogen (secondary N) is 1. The molecular formula is C14H12BrN3. The summed E-state index contributed by atoms with van der Waals surface area (Å²) in [6.45, 7) is 1.95. The van der Waals surface area contributed by atoms with Gasteiger partial charge in [-0.1, -0.05) is 28.1 Å². The van der Waals surface area contributed by atoms with Gasteiger partial charge in [0, 0.05) is 4.47 Å². The van der Waals surface area contributed by atoms with Crippen LogP contribution in [0.5, 0.6) is 0 Å². The van der Waals surface area contributed by atoms with Crippen molar-refractivity contribution in [1.29, 1.82) is 5.26 Å². The number of rotatable bonds is 2. The first kappa shape index (κ1) is 12.5. The molecular weight excluding hydrogens is 290 g/mol. The Bertz CT molecular complexity index is 629. The lowest BCUT2D eigenvalue weighted by atomic mass is 10.1. The van der Waals surface area contributed by atoms with Gasteiger partial charge in [-0.05, 0) is 36.8 Å². The maximum absolute atomic E-state index is 9.07. The molecule has 3 nitrogen and oxygen atoms in total. The molecule has 0 unspecified atom stereocenters. The molecule has 18 heavy (non-hydrogen) atoms. The number of aryl methyl sites for hydroxylation is 1. The fraction of sp³-hybridized carbons (Fsp3) is 0.0714. The first-order valence-electron chi connectivity index (χ1n) is 5.43. The van der Waals surface area contributed by atoms with E-state index in [4.69, 9.17) is 11.0 Å². The Kier molecular flexibility index (Phi) is 3.54. The Hall–Kier alpha value is -1.99. The largest absolute Gasteiger partial charge is 0.397 e. The van der Waals surface area contributed by atoms with Crippen LogP contribution in [-0.4, -0.2) is 0 Å². The highest BCUT2D eigenvalue weighted by Crippen LogP contribution is 2.29. The van der Waals surface area contributed by atoms with Crippen molar-refractivity contribution >= 4 is 33.0 Å². The lowest BCUT2D eigenvalue weighted by Gasteiger charge is -2.12. The van der Waals surface area contributed by atoms with E-state index in [0.717, 1.165) is 21.4 Å². The number of nitrogens with two attached hydrogens (primary N) is 1. The van der Waals surface area contributed by atoms with Crippen LogP contribution in [0.2, 0.25) is 0 Å². The van der Waals surface area contributed by atoms with Crippen molar-refractivity contribution in [3.05, 3.63) is 52.0 Å². The molecule has 0 aliphatic heterocycles. The first-order valence-corrected chi connectivity index (χ1v) is 6.23. The van der Waals surface area contributed by atoms with Gasteiger partial charge in [0.25, 0.3) is 0 Å². The third-order valence-electron chi connectivity index (χ3n) is 2.70. The maximum Gasteiger partial charge on any atom is 0.101 e. The van der Waals surface area contributed by atoms with Gasteiger partial charge in [0.15, 0.2) is 0 Å². The number of nitrogen functional groups attached to an aromatic ring is 1. The summed E-state index contributed by atoms with van der Waals surface area (Å²) < 4.78 is 0.912. The average Bonchev–Trinajstić information content (AvgIpc) is 2.35. The SMILES string of the molecule is Cc1cccc(Nc2cc(Br)ccc2C#N)c1N. The molecule has 0 atom stereocenters. The van der Waals surface area contributed by atoms with E-state index in [-0.39, 0.29) is 0 Å². The molecule has 0 saturated heterocycles. The molecule has 0 radical (unpaired) electrons. The summed E-state index contributed by atoms with van der Waals surface area (Å²) >= 11 is 3.39. The Morgan fingerprint density at radius 2 is 2.00 bits per heavy atom. The molecule has 0 heterocycles. The van der Waals surface area contributed by atoms with Crippen LogP contribution in [0.3, 0.4) is 0 Å². The van der Waals surface area contributed by atoms with Crippen LogP contribution in [0.25, 0.3) is 0 Å². The third kappa shape index (κ3) is 2.47. The van der Waals surface area contributed by atoms with Crippen molar-refractivity contribution in [2.45, 2.75) is 6.92 Å². The minimum atomic E-state index is 0.583. The highest BCUT2D eigenvalue weighted by atomic mass is 79.9. The number of hydrogen-bond donors (Lipinski definition) is 2. The lowest BCUT2D eigenvalue weighted by molar-refractivity contribution is 1.43. The molecule has 4 heteroatoms. The van der Waals surface area contributed by atoms with E-state index in [1.807, 2.05) is 37.3 Å². The summed E-state index contributed by atoms with van der Waals surface area (Å²) in [7, 11) is 0. The number of hydrogen-bond acceptors (Lipinski definition) is 3. The molecule has 2 aromatic rings. The molecule has 3 N–H and O–H groups in total. The molecule has 0 fully saturated rings. The van der Waals surface area contributed by atoms with E-state index < -0.39 is 0 Å². The van der Waals surface area contributed by atoms with E-state index in [2.05, 4.69) is 27.3 Å². The monoisotopic (exact) mass is 301 g/mol. The Labute approximate surface area is 114 Å². The lowest BCUT2D eigenvalue weighted by Crippen LogP contribution is -1.99. The number of benzene rings is 2. The molecule has 0 spiro atoms. The Morgan fingerprint density at radius 3 is 2.72 bits per heavy atom. The van der Waals surface area contributed by atoms with Crippen LogP contribution in [-0.2, 0) is 0 Å². The first-order chi connectivity index (χ1) is 8.61. The van der Waals surface area contributed by atoms with E-state index in [1.54, 1.807) is 6.07 Å². The van der Waals surface area contributed by atoms with E-state index in [1.165, 1.54) is 0 Å². The third-order valence-corrected chi connectivity index (χ3v) is 3.19. The highest BCUT2D eigenvalue weighted by Gasteiger charge is 2.06. The van der Waals surface area contributed by atoms with Gasteiger partial charge in [-0.15, -0.1) is 0 Å². The zero-order valence-corrected chi connectivity index (χ0v) is 11.5. The molecule has 2 rings (SSSR count). The van der Waals surface area contributed by atoms with E-state index in [0.29, 0.717) is 11.3 Å². The molecule has 90 valence electrons. The van der Waals surface area contributed by atoms with Gasteiger partial charge in [-0.25, -0.2) is 0 Å².